The number of hydrogen-bond acceptors (Lipinski definition) is 6. The second kappa shape index (κ2) is 14.7. The summed E-state index contributed by atoms with van der Waals surface area (Å²) in [4.78, 5) is 18.2. The van der Waals surface area contributed by atoms with Crippen LogP contribution in [0.3, 0.4) is 0 Å². The number of carbonyl (C=O) groups excluding carboxylic acids is 1. The van der Waals surface area contributed by atoms with Crippen LogP contribution < -0.4 is 15.0 Å². The molecule has 0 aromatic heterocycles. The highest BCUT2D eigenvalue weighted by atomic mass is 16.7. The molecule has 7 heteroatoms. The molecule has 0 aliphatic carbocycles. The highest BCUT2D eigenvalue weighted by molar-refractivity contribution is 6.07. The first kappa shape index (κ1) is 30.8. The summed E-state index contributed by atoms with van der Waals surface area (Å²) in [6.07, 6.45) is 4.61. The zero-order chi connectivity index (χ0) is 30.2. The first-order valence-electron chi connectivity index (χ1n) is 15.6. The van der Waals surface area contributed by atoms with Gasteiger partial charge in [0.1, 0.15) is 5.75 Å². The van der Waals surface area contributed by atoms with Crippen molar-refractivity contribution in [1.29, 1.82) is 0 Å². The molecule has 1 atom stereocenters. The minimum absolute atomic E-state index is 0.0497. The van der Waals surface area contributed by atoms with Gasteiger partial charge in [-0.25, -0.2) is 0 Å². The highest BCUT2D eigenvalue weighted by Gasteiger charge is 2.21. The van der Waals surface area contributed by atoms with E-state index >= 15 is 0 Å². The maximum absolute atomic E-state index is 13.5. The van der Waals surface area contributed by atoms with Crippen molar-refractivity contribution in [2.45, 2.75) is 58.9 Å². The topological polar surface area (TPSA) is 63.3 Å². The van der Waals surface area contributed by atoms with Gasteiger partial charge in [-0.15, -0.1) is 0 Å². The second-order valence-electron chi connectivity index (χ2n) is 11.3. The number of nitrogens with zero attached hydrogens (tertiary/aromatic N) is 2. The zero-order valence-corrected chi connectivity index (χ0v) is 26.0. The summed E-state index contributed by atoms with van der Waals surface area (Å²) < 4.78 is 16.8. The van der Waals surface area contributed by atoms with Crippen LogP contribution >= 0.6 is 0 Å². The molecule has 1 fully saturated rings. The number of benzene rings is 3. The summed E-state index contributed by atoms with van der Waals surface area (Å²) in [6.45, 7) is 10.9. The van der Waals surface area contributed by atoms with Crippen molar-refractivity contribution >= 4 is 23.4 Å². The van der Waals surface area contributed by atoms with Gasteiger partial charge in [-0.3, -0.25) is 9.69 Å². The lowest BCUT2D eigenvalue weighted by molar-refractivity contribution is -0.112. The van der Waals surface area contributed by atoms with Crippen molar-refractivity contribution < 1.29 is 19.0 Å². The Kier molecular flexibility index (Phi) is 10.5. The van der Waals surface area contributed by atoms with Gasteiger partial charge in [0.05, 0.1) is 0 Å². The van der Waals surface area contributed by atoms with Crippen LogP contribution in [0.5, 0.6) is 5.75 Å². The van der Waals surface area contributed by atoms with E-state index in [2.05, 4.69) is 77.6 Å². The minimum Gasteiger partial charge on any atom is -0.465 e. The number of amides is 1. The van der Waals surface area contributed by atoms with E-state index in [-0.39, 0.29) is 12.2 Å². The third-order valence-corrected chi connectivity index (χ3v) is 8.37. The molecule has 1 unspecified atom stereocenters. The molecule has 1 N–H and O–H groups in total. The first-order chi connectivity index (χ1) is 20.9. The van der Waals surface area contributed by atoms with Gasteiger partial charge in [0, 0.05) is 62.4 Å². The van der Waals surface area contributed by atoms with Crippen LogP contribution in [0.2, 0.25) is 0 Å². The predicted octanol–water partition coefficient (Wildman–Crippen LogP) is 6.98. The fraction of sp³-hybridized carbons (Fsp3) is 0.417. The van der Waals surface area contributed by atoms with E-state index < -0.39 is 0 Å². The summed E-state index contributed by atoms with van der Waals surface area (Å²) in [5.74, 6) is 0.723. The van der Waals surface area contributed by atoms with Gasteiger partial charge in [-0.05, 0) is 112 Å². The SMILES string of the molecule is CCOC(C)Oc1ccc(-c2ccc3c(c2)C=C(C(=O)Nc2ccc(CN(C)C4CCOCC4)cc2)CCN3CC)cc1. The molecule has 43 heavy (non-hydrogen) atoms. The fourth-order valence-corrected chi connectivity index (χ4v) is 5.92. The maximum atomic E-state index is 13.5. The van der Waals surface area contributed by atoms with Crippen LogP contribution in [-0.2, 0) is 20.8 Å². The van der Waals surface area contributed by atoms with Gasteiger partial charge < -0.3 is 24.4 Å². The van der Waals surface area contributed by atoms with Crippen LogP contribution in [0.15, 0.2) is 72.3 Å². The largest absolute Gasteiger partial charge is 0.465 e. The number of fused-ring (bicyclic) bond motifs is 1. The molecular weight excluding hydrogens is 538 g/mol. The monoisotopic (exact) mass is 583 g/mol. The van der Waals surface area contributed by atoms with E-state index in [4.69, 9.17) is 14.2 Å². The van der Waals surface area contributed by atoms with Crippen molar-refractivity contribution in [3.63, 3.8) is 0 Å². The van der Waals surface area contributed by atoms with Gasteiger partial charge in [-0.1, -0.05) is 30.3 Å². The van der Waals surface area contributed by atoms with E-state index in [1.54, 1.807) is 0 Å². The Bertz CT molecular complexity index is 1380. The lowest BCUT2D eigenvalue weighted by atomic mass is 10.00. The Hall–Kier alpha value is -3.65. The highest BCUT2D eigenvalue weighted by Crippen LogP contribution is 2.33. The van der Waals surface area contributed by atoms with Crippen LogP contribution in [0.4, 0.5) is 11.4 Å². The molecule has 0 bridgehead atoms. The summed E-state index contributed by atoms with van der Waals surface area (Å²) in [5, 5.41) is 3.14. The molecule has 228 valence electrons. The second-order valence-corrected chi connectivity index (χ2v) is 11.3. The molecule has 7 nitrogen and oxygen atoms in total. The molecule has 2 heterocycles. The quantitative estimate of drug-likeness (QED) is 0.246. The molecule has 0 saturated carbocycles. The molecule has 2 aliphatic heterocycles. The smallest absolute Gasteiger partial charge is 0.251 e. The molecule has 3 aromatic carbocycles. The fourth-order valence-electron chi connectivity index (χ4n) is 5.92. The Labute approximate surface area is 256 Å². The normalized spacial score (nSPS) is 16.3. The number of anilines is 2. The first-order valence-corrected chi connectivity index (χ1v) is 15.6. The summed E-state index contributed by atoms with van der Waals surface area (Å²) in [5.41, 5.74) is 7.23. The van der Waals surface area contributed by atoms with Crippen LogP contribution in [0, 0.1) is 0 Å². The standard InChI is InChI=1S/C36H45N3O4/c1-5-39-20-17-30(36(40)37-32-12-7-27(8-13-32)25-38(4)33-18-21-41-22-19-33)24-31-23-29(11-16-35(31)39)28-9-14-34(15-10-28)43-26(3)42-6-2/h7-16,23-24,26,33H,5-6,17-22,25H2,1-4H3,(H,37,40). The van der Waals surface area contributed by atoms with E-state index in [1.807, 2.05) is 38.1 Å². The Morgan fingerprint density at radius 2 is 1.74 bits per heavy atom. The lowest BCUT2D eigenvalue weighted by Gasteiger charge is -2.31. The average Bonchev–Trinajstić information content (AvgIpc) is 3.22. The van der Waals surface area contributed by atoms with Gasteiger partial charge in [-0.2, -0.15) is 0 Å². The van der Waals surface area contributed by atoms with Crippen molar-refractivity contribution in [1.82, 2.24) is 4.90 Å². The van der Waals surface area contributed by atoms with Crippen LogP contribution in [0.25, 0.3) is 17.2 Å². The van der Waals surface area contributed by atoms with E-state index in [1.165, 1.54) is 5.56 Å². The molecule has 0 radical (unpaired) electrons. The van der Waals surface area contributed by atoms with Crippen molar-refractivity contribution in [3.8, 4) is 16.9 Å². The zero-order valence-electron chi connectivity index (χ0n) is 26.0. The number of nitrogens with one attached hydrogen (secondary N) is 1. The summed E-state index contributed by atoms with van der Waals surface area (Å²) in [6, 6.07) is 23.4. The Morgan fingerprint density at radius 1 is 1.02 bits per heavy atom. The Morgan fingerprint density at radius 3 is 2.44 bits per heavy atom. The van der Waals surface area contributed by atoms with Crippen molar-refractivity contribution in [2.75, 3.05) is 50.2 Å². The molecule has 2 aliphatic rings. The van der Waals surface area contributed by atoms with Crippen molar-refractivity contribution in [3.05, 3.63) is 83.4 Å². The van der Waals surface area contributed by atoms with Gasteiger partial charge in [0.25, 0.3) is 5.91 Å². The third-order valence-electron chi connectivity index (χ3n) is 8.37. The third kappa shape index (κ3) is 8.05. The molecule has 3 aromatic rings. The molecule has 5 rings (SSSR count). The van der Waals surface area contributed by atoms with Crippen LogP contribution in [-0.4, -0.2) is 63.1 Å². The van der Waals surface area contributed by atoms with E-state index in [0.29, 0.717) is 19.1 Å². The van der Waals surface area contributed by atoms with E-state index in [9.17, 15) is 4.79 Å². The molecule has 1 saturated heterocycles. The Balaban J connectivity index is 1.28. The van der Waals surface area contributed by atoms with Gasteiger partial charge in [0.15, 0.2) is 6.29 Å². The van der Waals surface area contributed by atoms with Crippen LogP contribution in [0.1, 0.15) is 51.2 Å². The van der Waals surface area contributed by atoms with Gasteiger partial charge >= 0.3 is 0 Å². The van der Waals surface area contributed by atoms with E-state index in [0.717, 1.165) is 85.1 Å². The predicted molar refractivity (Wildman–Crippen MR) is 174 cm³/mol. The molecular formula is C36H45N3O4. The maximum Gasteiger partial charge on any atom is 0.251 e. The number of rotatable bonds is 11. The lowest BCUT2D eigenvalue weighted by Crippen LogP contribution is -2.36. The number of ether oxygens (including phenoxy) is 3. The number of hydrogen-bond donors (Lipinski definition) is 1. The molecule has 0 spiro atoms. The van der Waals surface area contributed by atoms with Crippen molar-refractivity contribution in [2.24, 2.45) is 0 Å². The average molecular weight is 584 g/mol. The van der Waals surface area contributed by atoms with Gasteiger partial charge in [0.2, 0.25) is 0 Å². The molecule has 1 amide bonds. The summed E-state index contributed by atoms with van der Waals surface area (Å²) >= 11 is 0. The number of carbonyl (C=O) groups is 1. The minimum atomic E-state index is -0.292. The summed E-state index contributed by atoms with van der Waals surface area (Å²) in [7, 11) is 2.18.